The molecule has 0 bridgehead atoms. The summed E-state index contributed by atoms with van der Waals surface area (Å²) in [4.78, 5) is 47.4. The van der Waals surface area contributed by atoms with Gasteiger partial charge in [0.2, 0.25) is 0 Å². The summed E-state index contributed by atoms with van der Waals surface area (Å²) in [5.74, 6) is -2.55. The Morgan fingerprint density at radius 2 is 1.41 bits per heavy atom. The van der Waals surface area contributed by atoms with E-state index >= 15 is 0 Å². The Hall–Kier alpha value is -2.08. The fourth-order valence-electron chi connectivity index (χ4n) is 4.15. The topological polar surface area (TPSA) is 169 Å². The number of carboxylic acid groups (broad SMARTS) is 1. The van der Waals surface area contributed by atoms with Crippen LogP contribution in [-0.2, 0) is 37.5 Å². The number of hydrogen-bond donors (Lipinski definition) is 2. The number of aliphatic carboxylic acids is 1. The number of unbranched alkanes of at least 4 members (excludes halogenated alkanes) is 11. The number of hydrogen-bond acceptors (Lipinski definition) is 10. The number of ether oxygens (including phenoxy) is 2. The second-order valence-electron chi connectivity index (χ2n) is 12.5. The quantitative estimate of drug-likeness (QED) is 0.0247. The first-order valence-electron chi connectivity index (χ1n) is 16.7. The maximum atomic E-state index is 12.3. The van der Waals surface area contributed by atoms with Crippen LogP contribution in [0.4, 0.5) is 0 Å². The molecule has 0 aliphatic heterocycles. The molecular weight excluding hydrogens is 617 g/mol. The zero-order valence-corrected chi connectivity index (χ0v) is 29.5. The summed E-state index contributed by atoms with van der Waals surface area (Å²) in [7, 11) is 0.891. The smallest absolute Gasteiger partial charge is 0.328 e. The Balaban J connectivity index is 4.49. The third kappa shape index (κ3) is 30.6. The average Bonchev–Trinajstić information content (AvgIpc) is 2.97. The van der Waals surface area contributed by atoms with Crippen LogP contribution in [0, 0.1) is 0 Å². The summed E-state index contributed by atoms with van der Waals surface area (Å²) in [6.07, 6.45) is 18.4. The summed E-state index contributed by atoms with van der Waals surface area (Å²) >= 11 is 0. The van der Waals surface area contributed by atoms with Gasteiger partial charge in [-0.1, -0.05) is 70.4 Å². The van der Waals surface area contributed by atoms with E-state index in [2.05, 4.69) is 19.1 Å². The summed E-state index contributed by atoms with van der Waals surface area (Å²) in [5.41, 5.74) is 0. The normalized spacial score (nSPS) is 14.7. The standard InChI is InChI=1S/C33H60NO11P/c1-5-6-7-8-9-10-11-12-13-14-15-16-17-18-19-20-32(38)42-27-30(28-44-46(40,41)43-26-25-34(2,3)4)45-33(39)24-22-29(35)21-23-31(36)37/h12-13,21,23,29-30,35H,5-11,14-20,22,24-28H2,1-4H3,(H-,36,37,40,41)/b13-12-,23-21+/t29?,30-/m1/s1. The molecule has 0 rings (SSSR count). The first-order chi connectivity index (χ1) is 21.7. The van der Waals surface area contributed by atoms with Gasteiger partial charge in [-0.2, -0.15) is 0 Å². The number of carbonyl (C=O) groups is 3. The van der Waals surface area contributed by atoms with Gasteiger partial charge in [0, 0.05) is 18.9 Å². The molecule has 12 nitrogen and oxygen atoms in total. The molecular formula is C33H60NO11P. The largest absolute Gasteiger partial charge is 0.756 e. The molecule has 0 amide bonds. The minimum atomic E-state index is -4.72. The third-order valence-electron chi connectivity index (χ3n) is 6.91. The van der Waals surface area contributed by atoms with Gasteiger partial charge < -0.3 is 38.1 Å². The monoisotopic (exact) mass is 677 g/mol. The van der Waals surface area contributed by atoms with Crippen molar-refractivity contribution in [1.29, 1.82) is 0 Å². The van der Waals surface area contributed by atoms with Gasteiger partial charge in [-0.15, -0.1) is 0 Å². The molecule has 0 fully saturated rings. The van der Waals surface area contributed by atoms with Crippen molar-refractivity contribution in [2.24, 2.45) is 0 Å². The number of carboxylic acids is 1. The van der Waals surface area contributed by atoms with Crippen LogP contribution < -0.4 is 4.89 Å². The van der Waals surface area contributed by atoms with Crippen molar-refractivity contribution in [3.8, 4) is 0 Å². The van der Waals surface area contributed by atoms with Gasteiger partial charge in [0.25, 0.3) is 7.82 Å². The molecule has 2 unspecified atom stereocenters. The number of likely N-dealkylation sites (N-methyl/N-ethyl adjacent to an activating group) is 1. The number of aliphatic hydroxyl groups excluding tert-OH is 1. The van der Waals surface area contributed by atoms with Crippen LogP contribution in [0.3, 0.4) is 0 Å². The number of nitrogens with zero attached hydrogens (tertiary/aromatic N) is 1. The molecule has 0 aliphatic carbocycles. The maximum Gasteiger partial charge on any atom is 0.328 e. The van der Waals surface area contributed by atoms with Gasteiger partial charge in [-0.3, -0.25) is 14.2 Å². The Morgan fingerprint density at radius 1 is 0.826 bits per heavy atom. The van der Waals surface area contributed by atoms with Crippen molar-refractivity contribution in [1.82, 2.24) is 0 Å². The van der Waals surface area contributed by atoms with Gasteiger partial charge in [0.15, 0.2) is 6.10 Å². The molecule has 0 aromatic rings. The highest BCUT2D eigenvalue weighted by molar-refractivity contribution is 7.45. The van der Waals surface area contributed by atoms with Crippen LogP contribution in [0.5, 0.6) is 0 Å². The lowest BCUT2D eigenvalue weighted by Crippen LogP contribution is -2.37. The molecule has 0 spiro atoms. The first-order valence-corrected chi connectivity index (χ1v) is 18.2. The van der Waals surface area contributed by atoms with Crippen molar-refractivity contribution in [2.75, 3.05) is 47.5 Å². The average molecular weight is 678 g/mol. The Morgan fingerprint density at radius 3 is 2.00 bits per heavy atom. The molecule has 0 radical (unpaired) electrons. The minimum absolute atomic E-state index is 0.110. The number of esters is 2. The van der Waals surface area contributed by atoms with Gasteiger partial charge in [0.1, 0.15) is 19.8 Å². The van der Waals surface area contributed by atoms with Crippen LogP contribution in [-0.4, -0.2) is 92.3 Å². The van der Waals surface area contributed by atoms with E-state index in [0.717, 1.165) is 50.7 Å². The molecule has 3 atom stereocenters. The molecule has 0 saturated carbocycles. The molecule has 0 aliphatic rings. The summed E-state index contributed by atoms with van der Waals surface area (Å²) in [5, 5.41) is 18.4. The summed E-state index contributed by atoms with van der Waals surface area (Å²) < 4.78 is 32.9. The molecule has 268 valence electrons. The second kappa shape index (κ2) is 26.9. The van der Waals surface area contributed by atoms with E-state index < -0.39 is 51.2 Å². The zero-order valence-electron chi connectivity index (χ0n) is 28.6. The molecule has 2 N–H and O–H groups in total. The van der Waals surface area contributed by atoms with Crippen molar-refractivity contribution < 1.29 is 57.1 Å². The number of rotatable bonds is 30. The van der Waals surface area contributed by atoms with E-state index in [4.69, 9.17) is 23.6 Å². The van der Waals surface area contributed by atoms with Gasteiger partial charge in [-0.05, 0) is 44.6 Å². The first kappa shape index (κ1) is 43.9. The highest BCUT2D eigenvalue weighted by Crippen LogP contribution is 2.38. The predicted molar refractivity (Wildman–Crippen MR) is 175 cm³/mol. The number of quaternary nitrogens is 1. The molecule has 46 heavy (non-hydrogen) atoms. The van der Waals surface area contributed by atoms with Crippen LogP contribution in [0.2, 0.25) is 0 Å². The molecule has 13 heteroatoms. The molecule has 0 saturated heterocycles. The second-order valence-corrected chi connectivity index (χ2v) is 13.9. The van der Waals surface area contributed by atoms with E-state index in [-0.39, 0.29) is 25.9 Å². The van der Waals surface area contributed by atoms with Crippen molar-refractivity contribution in [2.45, 2.75) is 122 Å². The zero-order chi connectivity index (χ0) is 34.7. The van der Waals surface area contributed by atoms with Crippen LogP contribution >= 0.6 is 7.82 Å². The lowest BCUT2D eigenvalue weighted by molar-refractivity contribution is -0.870. The number of aliphatic hydroxyl groups is 1. The molecule has 0 heterocycles. The Kier molecular flexibility index (Phi) is 25.7. The van der Waals surface area contributed by atoms with Gasteiger partial charge in [-0.25, -0.2) is 4.79 Å². The molecule has 0 aromatic heterocycles. The number of phosphoric ester groups is 1. The Labute approximate surface area is 276 Å². The highest BCUT2D eigenvalue weighted by atomic mass is 31.2. The summed E-state index contributed by atoms with van der Waals surface area (Å²) in [6.45, 7) is 1.48. The summed E-state index contributed by atoms with van der Waals surface area (Å²) in [6, 6.07) is 0. The number of phosphoric acid groups is 1. The lowest BCUT2D eigenvalue weighted by atomic mass is 10.1. The van der Waals surface area contributed by atoms with E-state index in [1.165, 1.54) is 38.5 Å². The minimum Gasteiger partial charge on any atom is -0.756 e. The third-order valence-corrected chi connectivity index (χ3v) is 7.87. The van der Waals surface area contributed by atoms with Gasteiger partial charge in [0.05, 0.1) is 33.9 Å². The van der Waals surface area contributed by atoms with Crippen LogP contribution in [0.1, 0.15) is 110 Å². The SMILES string of the molecule is CCCCCCCC/C=C\CCCCCCCC(=O)OC[C@H](COP(=O)([O-])OCC[N+](C)(C)C)OC(=O)CCC(O)/C=C/C(=O)O. The van der Waals surface area contributed by atoms with Crippen molar-refractivity contribution in [3.63, 3.8) is 0 Å². The van der Waals surface area contributed by atoms with Crippen molar-refractivity contribution in [3.05, 3.63) is 24.3 Å². The predicted octanol–water partition coefficient (Wildman–Crippen LogP) is 5.47. The molecule has 0 aromatic carbocycles. The van der Waals surface area contributed by atoms with E-state index in [0.29, 0.717) is 17.4 Å². The van der Waals surface area contributed by atoms with Crippen molar-refractivity contribution >= 4 is 25.7 Å². The highest BCUT2D eigenvalue weighted by Gasteiger charge is 2.22. The Bertz CT molecular complexity index is 933. The number of carbonyl (C=O) groups excluding carboxylic acids is 2. The fraction of sp³-hybridized carbons (Fsp3) is 0.788. The van der Waals surface area contributed by atoms with Crippen LogP contribution in [0.15, 0.2) is 24.3 Å². The number of allylic oxidation sites excluding steroid dienone is 2. The van der Waals surface area contributed by atoms with E-state index in [9.17, 15) is 28.9 Å². The maximum absolute atomic E-state index is 12.3. The van der Waals surface area contributed by atoms with E-state index in [1.54, 1.807) is 0 Å². The van der Waals surface area contributed by atoms with Gasteiger partial charge >= 0.3 is 17.9 Å². The van der Waals surface area contributed by atoms with E-state index in [1.807, 2.05) is 21.1 Å². The fourth-order valence-corrected chi connectivity index (χ4v) is 4.88. The van der Waals surface area contributed by atoms with Crippen LogP contribution in [0.25, 0.3) is 0 Å². The lowest BCUT2D eigenvalue weighted by Gasteiger charge is -2.28.